The number of likely N-dealkylation sites (tertiary alicyclic amines) is 1. The van der Waals surface area contributed by atoms with Gasteiger partial charge in [0, 0.05) is 37.1 Å². The van der Waals surface area contributed by atoms with Gasteiger partial charge in [-0.2, -0.15) is 0 Å². The van der Waals surface area contributed by atoms with E-state index in [1.54, 1.807) is 47.4 Å². The lowest BCUT2D eigenvalue weighted by atomic mass is 10.0. The molecule has 2 N–H and O–H groups in total. The van der Waals surface area contributed by atoms with E-state index in [0.29, 0.717) is 54.2 Å². The Morgan fingerprint density at radius 2 is 1.72 bits per heavy atom. The highest BCUT2D eigenvalue weighted by Gasteiger charge is 2.39. The fourth-order valence-electron chi connectivity index (χ4n) is 5.84. The first-order valence-corrected chi connectivity index (χ1v) is 14.4. The van der Waals surface area contributed by atoms with Gasteiger partial charge in [-0.15, -0.1) is 0 Å². The average Bonchev–Trinajstić information content (AvgIpc) is 3.60. The SMILES string of the molecule is COc1cc2ccc1OCC(=O)NCc1ccc(cc1)O[C@H]1CN(C(=O)c3cccc4c3CCC4=O)C[C@@H]1NC(=O)CC2. The second kappa shape index (κ2) is 12.2. The first-order valence-electron chi connectivity index (χ1n) is 14.4. The van der Waals surface area contributed by atoms with Crippen molar-refractivity contribution in [2.24, 2.45) is 0 Å². The Bertz CT molecular complexity index is 1570. The largest absolute Gasteiger partial charge is 0.493 e. The zero-order valence-corrected chi connectivity index (χ0v) is 23.9. The molecular weight excluding hydrogens is 550 g/mol. The molecule has 43 heavy (non-hydrogen) atoms. The average molecular weight is 584 g/mol. The number of rotatable bonds is 2. The molecule has 0 spiro atoms. The van der Waals surface area contributed by atoms with E-state index in [2.05, 4.69) is 10.6 Å². The number of nitrogens with zero attached hydrogens (tertiary/aromatic N) is 1. The smallest absolute Gasteiger partial charge is 0.258 e. The van der Waals surface area contributed by atoms with E-state index in [0.717, 1.165) is 16.7 Å². The molecule has 10 nitrogen and oxygen atoms in total. The van der Waals surface area contributed by atoms with Gasteiger partial charge in [-0.05, 0) is 59.9 Å². The molecule has 1 fully saturated rings. The number of ketones is 1. The predicted molar refractivity (Wildman–Crippen MR) is 156 cm³/mol. The molecule has 3 amide bonds. The summed E-state index contributed by atoms with van der Waals surface area (Å²) in [6, 6.07) is 17.5. The van der Waals surface area contributed by atoms with Gasteiger partial charge in [-0.25, -0.2) is 0 Å². The number of methoxy groups -OCH3 is 1. The van der Waals surface area contributed by atoms with Crippen LogP contribution in [0.4, 0.5) is 0 Å². The summed E-state index contributed by atoms with van der Waals surface area (Å²) in [5.41, 5.74) is 3.68. The van der Waals surface area contributed by atoms with E-state index in [-0.39, 0.29) is 49.6 Å². The van der Waals surface area contributed by atoms with Gasteiger partial charge in [-0.3, -0.25) is 19.2 Å². The van der Waals surface area contributed by atoms with Crippen molar-refractivity contribution in [2.45, 2.75) is 44.4 Å². The highest BCUT2D eigenvalue weighted by atomic mass is 16.5. The number of benzene rings is 3. The van der Waals surface area contributed by atoms with Gasteiger partial charge in [0.25, 0.3) is 11.8 Å². The second-order valence-corrected chi connectivity index (χ2v) is 11.0. The van der Waals surface area contributed by atoms with Crippen LogP contribution in [0.3, 0.4) is 0 Å². The minimum Gasteiger partial charge on any atom is -0.493 e. The van der Waals surface area contributed by atoms with Crippen LogP contribution in [-0.4, -0.2) is 67.4 Å². The lowest BCUT2D eigenvalue weighted by Gasteiger charge is -2.21. The minimum atomic E-state index is -0.487. The van der Waals surface area contributed by atoms with Crippen LogP contribution in [0.2, 0.25) is 0 Å². The number of Topliss-reactive ketones (excluding diaryl/α,β-unsaturated/α-hetero) is 1. The molecule has 222 valence electrons. The van der Waals surface area contributed by atoms with Crippen molar-refractivity contribution in [3.63, 3.8) is 0 Å². The Morgan fingerprint density at radius 1 is 0.907 bits per heavy atom. The van der Waals surface area contributed by atoms with Crippen LogP contribution in [0.5, 0.6) is 17.2 Å². The van der Waals surface area contributed by atoms with Crippen molar-refractivity contribution in [3.8, 4) is 17.2 Å². The van der Waals surface area contributed by atoms with Crippen LogP contribution >= 0.6 is 0 Å². The van der Waals surface area contributed by atoms with Gasteiger partial charge in [0.05, 0.1) is 19.7 Å². The van der Waals surface area contributed by atoms with Crippen molar-refractivity contribution in [2.75, 3.05) is 26.8 Å². The molecule has 5 heterocycles. The number of ether oxygens (including phenoxy) is 3. The summed E-state index contributed by atoms with van der Waals surface area (Å²) >= 11 is 0. The summed E-state index contributed by atoms with van der Waals surface area (Å²) in [6.45, 7) is 0.696. The Hall–Kier alpha value is -4.86. The van der Waals surface area contributed by atoms with Crippen LogP contribution in [0.1, 0.15) is 50.2 Å². The third-order valence-corrected chi connectivity index (χ3v) is 8.14. The number of nitrogens with one attached hydrogen (secondary N) is 2. The van der Waals surface area contributed by atoms with E-state index in [9.17, 15) is 19.2 Å². The predicted octanol–water partition coefficient (Wildman–Crippen LogP) is 2.85. The number of aryl methyl sites for hydroxylation is 1. The summed E-state index contributed by atoms with van der Waals surface area (Å²) in [4.78, 5) is 53.2. The molecule has 2 atom stereocenters. The number of hydrogen-bond acceptors (Lipinski definition) is 7. The first kappa shape index (κ1) is 28.3. The molecule has 6 aliphatic rings. The van der Waals surface area contributed by atoms with E-state index >= 15 is 0 Å². The van der Waals surface area contributed by atoms with Crippen LogP contribution in [-0.2, 0) is 29.0 Å². The van der Waals surface area contributed by atoms with E-state index in [4.69, 9.17) is 14.2 Å². The lowest BCUT2D eigenvalue weighted by Crippen LogP contribution is -2.45. The quantitative estimate of drug-likeness (QED) is 0.476. The molecule has 4 bridgehead atoms. The maximum absolute atomic E-state index is 13.7. The van der Waals surface area contributed by atoms with Crippen molar-refractivity contribution in [1.82, 2.24) is 15.5 Å². The number of amides is 3. The number of carbonyl (C=O) groups excluding carboxylic acids is 4. The van der Waals surface area contributed by atoms with Crippen LogP contribution in [0, 0.1) is 0 Å². The second-order valence-electron chi connectivity index (χ2n) is 11.0. The van der Waals surface area contributed by atoms with Crippen molar-refractivity contribution in [1.29, 1.82) is 0 Å². The fraction of sp³-hybridized carbons (Fsp3) is 0.333. The molecular formula is C33H33N3O7. The zero-order chi connectivity index (χ0) is 29.9. The van der Waals surface area contributed by atoms with Gasteiger partial charge >= 0.3 is 0 Å². The Kier molecular flexibility index (Phi) is 8.00. The molecule has 5 aliphatic heterocycles. The van der Waals surface area contributed by atoms with Crippen LogP contribution < -0.4 is 24.8 Å². The Balaban J connectivity index is 1.24. The van der Waals surface area contributed by atoms with Crippen LogP contribution in [0.25, 0.3) is 0 Å². The highest BCUT2D eigenvalue weighted by molar-refractivity contribution is 6.05. The highest BCUT2D eigenvalue weighted by Crippen LogP contribution is 2.30. The normalized spacial score (nSPS) is 20.4. The molecule has 3 aromatic rings. The molecule has 1 aliphatic carbocycles. The fourth-order valence-corrected chi connectivity index (χ4v) is 5.84. The van der Waals surface area contributed by atoms with E-state index in [1.807, 2.05) is 18.2 Å². The zero-order valence-electron chi connectivity index (χ0n) is 23.9. The lowest BCUT2D eigenvalue weighted by molar-refractivity contribution is -0.123. The summed E-state index contributed by atoms with van der Waals surface area (Å²) in [6.07, 6.45) is 1.14. The van der Waals surface area contributed by atoms with Gasteiger partial charge in [-0.1, -0.05) is 30.3 Å². The number of hydrogen-bond donors (Lipinski definition) is 2. The van der Waals surface area contributed by atoms with Gasteiger partial charge in [0.2, 0.25) is 5.91 Å². The third kappa shape index (κ3) is 6.18. The molecule has 0 saturated carbocycles. The van der Waals surface area contributed by atoms with Crippen LogP contribution in [0.15, 0.2) is 60.7 Å². The standard InChI is InChI=1S/C33H33N3O7/c1-41-29-15-20-7-13-28(29)42-19-32(39)34-16-21-5-9-22(10-6-21)43-30-18-36(17-26(30)35-31(38)14-8-20)33(40)25-4-2-3-24-23(25)11-12-27(24)37/h2-7,9-10,13,15,26,30H,8,11-12,14,16-19H2,1H3,(H,34,39)(H,35,38)/t26-,30-/m0/s1. The molecule has 0 aromatic heterocycles. The number of carbonyl (C=O) groups is 4. The topological polar surface area (TPSA) is 123 Å². The summed E-state index contributed by atoms with van der Waals surface area (Å²) < 4.78 is 17.5. The van der Waals surface area contributed by atoms with Crippen molar-refractivity contribution < 1.29 is 33.4 Å². The summed E-state index contributed by atoms with van der Waals surface area (Å²) in [5.74, 6) is 0.940. The molecule has 3 aromatic carbocycles. The van der Waals surface area contributed by atoms with Crippen molar-refractivity contribution >= 4 is 23.5 Å². The van der Waals surface area contributed by atoms with Crippen molar-refractivity contribution in [3.05, 3.63) is 88.5 Å². The maximum atomic E-state index is 13.7. The monoisotopic (exact) mass is 583 g/mol. The number of fused-ring (bicyclic) bond motifs is 1. The van der Waals surface area contributed by atoms with Gasteiger partial charge in [0.1, 0.15) is 11.9 Å². The van der Waals surface area contributed by atoms with E-state index < -0.39 is 12.1 Å². The first-order chi connectivity index (χ1) is 20.9. The summed E-state index contributed by atoms with van der Waals surface area (Å²) in [7, 11) is 1.52. The Labute approximate surface area is 249 Å². The third-order valence-electron chi connectivity index (χ3n) is 8.14. The van der Waals surface area contributed by atoms with Gasteiger partial charge in [0.15, 0.2) is 23.9 Å². The molecule has 0 unspecified atom stereocenters. The molecule has 9 rings (SSSR count). The Morgan fingerprint density at radius 3 is 2.53 bits per heavy atom. The minimum absolute atomic E-state index is 0.0573. The van der Waals surface area contributed by atoms with E-state index in [1.165, 1.54) is 7.11 Å². The van der Waals surface area contributed by atoms with Gasteiger partial charge < -0.3 is 29.7 Å². The molecule has 1 saturated heterocycles. The molecule has 0 radical (unpaired) electrons. The summed E-state index contributed by atoms with van der Waals surface area (Å²) in [5, 5.41) is 5.94. The molecule has 10 heteroatoms. The maximum Gasteiger partial charge on any atom is 0.258 e.